The van der Waals surface area contributed by atoms with Crippen molar-refractivity contribution in [1.82, 2.24) is 0 Å². The first-order chi connectivity index (χ1) is 7.17. The van der Waals surface area contributed by atoms with Gasteiger partial charge in [0, 0.05) is 6.04 Å². The number of aryl methyl sites for hydroxylation is 1. The van der Waals surface area contributed by atoms with Crippen molar-refractivity contribution in [2.75, 3.05) is 5.32 Å². The fraction of sp³-hybridized carbons (Fsp3) is 0.417. The molecule has 3 heteroatoms. The molecule has 1 N–H and O–H groups in total. The Hall–Kier alpha value is -1.56. The molecule has 0 radical (unpaired) electrons. The summed E-state index contributed by atoms with van der Waals surface area (Å²) in [6.45, 7) is 3.89. The first-order valence-electron chi connectivity index (χ1n) is 5.07. The van der Waals surface area contributed by atoms with Crippen LogP contribution < -0.4 is 5.32 Å². The number of nitrogens with one attached hydrogen (secondary N) is 1. The minimum absolute atomic E-state index is 0.0197. The van der Waals surface area contributed by atoms with Gasteiger partial charge in [0.25, 0.3) is 0 Å². The lowest BCUT2D eigenvalue weighted by Gasteiger charge is -2.15. The SMILES string of the molecule is CCC(CC#N)Nc1cc(C)ccc1F. The second-order valence-corrected chi connectivity index (χ2v) is 3.60. The molecule has 1 rings (SSSR count). The summed E-state index contributed by atoms with van der Waals surface area (Å²) in [7, 11) is 0. The van der Waals surface area contributed by atoms with Crippen molar-refractivity contribution in [3.63, 3.8) is 0 Å². The van der Waals surface area contributed by atoms with Crippen molar-refractivity contribution in [1.29, 1.82) is 5.26 Å². The van der Waals surface area contributed by atoms with Crippen LogP contribution in [0.2, 0.25) is 0 Å². The van der Waals surface area contributed by atoms with Crippen LogP contribution in [0.25, 0.3) is 0 Å². The average Bonchev–Trinajstić information content (AvgIpc) is 2.22. The third kappa shape index (κ3) is 3.25. The maximum Gasteiger partial charge on any atom is 0.146 e. The number of hydrogen-bond acceptors (Lipinski definition) is 2. The van der Waals surface area contributed by atoms with Gasteiger partial charge in [-0.2, -0.15) is 5.26 Å². The van der Waals surface area contributed by atoms with Crippen LogP contribution in [0, 0.1) is 24.1 Å². The monoisotopic (exact) mass is 206 g/mol. The van der Waals surface area contributed by atoms with Crippen LogP contribution in [-0.4, -0.2) is 6.04 Å². The second-order valence-electron chi connectivity index (χ2n) is 3.60. The van der Waals surface area contributed by atoms with E-state index < -0.39 is 0 Å². The van der Waals surface area contributed by atoms with Crippen molar-refractivity contribution in [3.8, 4) is 6.07 Å². The van der Waals surface area contributed by atoms with Gasteiger partial charge in [0.1, 0.15) is 5.82 Å². The molecule has 0 spiro atoms. The largest absolute Gasteiger partial charge is 0.379 e. The zero-order valence-corrected chi connectivity index (χ0v) is 9.05. The fourth-order valence-corrected chi connectivity index (χ4v) is 1.38. The highest BCUT2D eigenvalue weighted by Crippen LogP contribution is 2.18. The summed E-state index contributed by atoms with van der Waals surface area (Å²) in [6, 6.07) is 7.04. The molecule has 0 aliphatic heterocycles. The smallest absolute Gasteiger partial charge is 0.146 e. The number of nitriles is 1. The standard InChI is InChI=1S/C12H15FN2/c1-3-10(6-7-14)15-12-8-9(2)4-5-11(12)13/h4-5,8,10,15H,3,6H2,1-2H3. The minimum Gasteiger partial charge on any atom is -0.379 e. The Balaban J connectivity index is 2.78. The van der Waals surface area contributed by atoms with Gasteiger partial charge in [0.15, 0.2) is 0 Å². The van der Waals surface area contributed by atoms with Gasteiger partial charge in [-0.3, -0.25) is 0 Å². The number of nitrogens with zero attached hydrogens (tertiary/aromatic N) is 1. The molecule has 0 bridgehead atoms. The Kier molecular flexibility index (Phi) is 4.11. The Bertz CT molecular complexity index is 368. The molecule has 0 saturated carbocycles. The van der Waals surface area contributed by atoms with Gasteiger partial charge in [-0.05, 0) is 31.0 Å². The van der Waals surface area contributed by atoms with E-state index in [1.54, 1.807) is 12.1 Å². The normalized spacial score (nSPS) is 11.9. The minimum atomic E-state index is -0.267. The van der Waals surface area contributed by atoms with Crippen LogP contribution in [0.5, 0.6) is 0 Å². The summed E-state index contributed by atoms with van der Waals surface area (Å²) in [5.74, 6) is -0.267. The molecule has 1 unspecified atom stereocenters. The molecule has 1 aromatic rings. The third-order valence-electron chi connectivity index (χ3n) is 2.31. The van der Waals surface area contributed by atoms with Gasteiger partial charge in [-0.25, -0.2) is 4.39 Å². The molecule has 1 aromatic carbocycles. The van der Waals surface area contributed by atoms with Crippen molar-refractivity contribution < 1.29 is 4.39 Å². The first-order valence-corrected chi connectivity index (χ1v) is 5.07. The van der Waals surface area contributed by atoms with E-state index in [9.17, 15) is 4.39 Å². The quantitative estimate of drug-likeness (QED) is 0.820. The molecule has 80 valence electrons. The summed E-state index contributed by atoms with van der Waals surface area (Å²) >= 11 is 0. The van der Waals surface area contributed by atoms with Gasteiger partial charge in [0.2, 0.25) is 0 Å². The van der Waals surface area contributed by atoms with E-state index in [2.05, 4.69) is 11.4 Å². The van der Waals surface area contributed by atoms with Crippen molar-refractivity contribution in [2.45, 2.75) is 32.7 Å². The van der Waals surface area contributed by atoms with Crippen LogP contribution in [0.4, 0.5) is 10.1 Å². The number of benzene rings is 1. The second kappa shape index (κ2) is 5.35. The highest BCUT2D eigenvalue weighted by molar-refractivity contribution is 5.47. The zero-order chi connectivity index (χ0) is 11.3. The molecule has 0 aliphatic rings. The van der Waals surface area contributed by atoms with Gasteiger partial charge in [-0.1, -0.05) is 13.0 Å². The topological polar surface area (TPSA) is 35.8 Å². The molecule has 0 amide bonds. The molecular weight excluding hydrogens is 191 g/mol. The number of anilines is 1. The molecule has 1 atom stereocenters. The molecule has 0 aliphatic carbocycles. The van der Waals surface area contributed by atoms with Crippen molar-refractivity contribution >= 4 is 5.69 Å². The predicted molar refractivity (Wildman–Crippen MR) is 59.1 cm³/mol. The number of rotatable bonds is 4. The first kappa shape index (κ1) is 11.5. The maximum absolute atomic E-state index is 13.4. The van der Waals surface area contributed by atoms with Gasteiger partial charge in [0.05, 0.1) is 18.2 Å². The summed E-state index contributed by atoms with van der Waals surface area (Å²) in [6.07, 6.45) is 1.20. The lowest BCUT2D eigenvalue weighted by molar-refractivity contribution is 0.621. The highest BCUT2D eigenvalue weighted by Gasteiger charge is 2.08. The molecular formula is C12H15FN2. The lowest BCUT2D eigenvalue weighted by atomic mass is 10.1. The van der Waals surface area contributed by atoms with E-state index in [0.29, 0.717) is 12.1 Å². The third-order valence-corrected chi connectivity index (χ3v) is 2.31. The molecule has 0 heterocycles. The van der Waals surface area contributed by atoms with Crippen LogP contribution in [0.15, 0.2) is 18.2 Å². The molecule has 2 nitrogen and oxygen atoms in total. The van der Waals surface area contributed by atoms with E-state index in [0.717, 1.165) is 12.0 Å². The van der Waals surface area contributed by atoms with E-state index in [4.69, 9.17) is 5.26 Å². The Morgan fingerprint density at radius 3 is 2.87 bits per heavy atom. The molecule has 15 heavy (non-hydrogen) atoms. The number of halogens is 1. The van der Waals surface area contributed by atoms with Gasteiger partial charge < -0.3 is 5.32 Å². The summed E-state index contributed by atoms with van der Waals surface area (Å²) in [5, 5.41) is 11.6. The van der Waals surface area contributed by atoms with Gasteiger partial charge >= 0.3 is 0 Å². The van der Waals surface area contributed by atoms with Crippen molar-refractivity contribution in [3.05, 3.63) is 29.6 Å². The summed E-state index contributed by atoms with van der Waals surface area (Å²) < 4.78 is 13.4. The molecule has 0 aromatic heterocycles. The van der Waals surface area contributed by atoms with E-state index >= 15 is 0 Å². The van der Waals surface area contributed by atoms with E-state index in [1.165, 1.54) is 6.07 Å². The zero-order valence-electron chi connectivity index (χ0n) is 9.05. The lowest BCUT2D eigenvalue weighted by Crippen LogP contribution is -2.18. The average molecular weight is 206 g/mol. The number of hydrogen-bond donors (Lipinski definition) is 1. The Morgan fingerprint density at radius 1 is 1.53 bits per heavy atom. The predicted octanol–water partition coefficient (Wildman–Crippen LogP) is 3.24. The highest BCUT2D eigenvalue weighted by atomic mass is 19.1. The van der Waals surface area contributed by atoms with E-state index in [-0.39, 0.29) is 11.9 Å². The Morgan fingerprint density at radius 2 is 2.27 bits per heavy atom. The summed E-state index contributed by atoms with van der Waals surface area (Å²) in [4.78, 5) is 0. The van der Waals surface area contributed by atoms with Gasteiger partial charge in [-0.15, -0.1) is 0 Å². The van der Waals surface area contributed by atoms with Crippen LogP contribution in [-0.2, 0) is 0 Å². The fourth-order valence-electron chi connectivity index (χ4n) is 1.38. The molecule has 0 saturated heterocycles. The van der Waals surface area contributed by atoms with Crippen LogP contribution in [0.1, 0.15) is 25.3 Å². The van der Waals surface area contributed by atoms with Crippen LogP contribution >= 0.6 is 0 Å². The maximum atomic E-state index is 13.4. The summed E-state index contributed by atoms with van der Waals surface area (Å²) in [5.41, 5.74) is 1.49. The van der Waals surface area contributed by atoms with Crippen LogP contribution in [0.3, 0.4) is 0 Å². The van der Waals surface area contributed by atoms with E-state index in [1.807, 2.05) is 13.8 Å². The molecule has 0 fully saturated rings. The van der Waals surface area contributed by atoms with Crippen molar-refractivity contribution in [2.24, 2.45) is 0 Å². The Labute approximate surface area is 89.7 Å².